The predicted molar refractivity (Wildman–Crippen MR) is 96.4 cm³/mol. The Bertz CT molecular complexity index is 1120. The molecule has 272 valence electrons. The SMILES string of the molecule is OC(CC(OC1CC2C=CC1C2)(C(F)(F)C(F)(F)F)C(F)(C(F)(F)F)C(F)(F)F)(C(F)(F)C(F)(F)F)C(F)(C(F)(F)F)C(F)(F)F. The molecule has 1 fully saturated rings. The van der Waals surface area contributed by atoms with Crippen LogP contribution in [0.4, 0.5) is 105 Å². The molecule has 1 N–H and O–H groups in total. The van der Waals surface area contributed by atoms with Crippen molar-refractivity contribution in [1.29, 1.82) is 0 Å². The summed E-state index contributed by atoms with van der Waals surface area (Å²) < 4.78 is 337. The van der Waals surface area contributed by atoms with Gasteiger partial charge in [-0.1, -0.05) is 12.2 Å². The molecule has 5 unspecified atom stereocenters. The highest BCUT2D eigenvalue weighted by Gasteiger charge is 2.98. The highest BCUT2D eigenvalue weighted by atomic mass is 19.5. The second-order valence-electron chi connectivity index (χ2n) is 10.3. The molecule has 46 heavy (non-hydrogen) atoms. The third kappa shape index (κ3) is 5.24. The van der Waals surface area contributed by atoms with Gasteiger partial charge in [-0.25, -0.2) is 8.78 Å². The van der Waals surface area contributed by atoms with E-state index in [9.17, 15) is 97.3 Å². The number of hydrogen-bond acceptors (Lipinski definition) is 2. The highest BCUT2D eigenvalue weighted by molar-refractivity contribution is 5.28. The van der Waals surface area contributed by atoms with Crippen molar-refractivity contribution in [3.63, 3.8) is 0 Å². The second-order valence-corrected chi connectivity index (χ2v) is 10.3. The average Bonchev–Trinajstić information content (AvgIpc) is 3.41. The van der Waals surface area contributed by atoms with Gasteiger partial charge in [-0.05, 0) is 18.8 Å². The standard InChI is InChI=1S/C20H12F24O2/c21-11(15(27,28)29,16(30,31)32)9(45,13(23,24)19(39,40)41)5-10(14(25,26)20(42,43)44,12(22,17(33,34)35)18(36,37)38)46-8-4-6-1-2-7(8)3-6/h1-2,6-8,45H,3-5H2. The zero-order valence-electron chi connectivity index (χ0n) is 20.9. The molecule has 5 atom stereocenters. The fourth-order valence-corrected chi connectivity index (χ4v) is 5.29. The van der Waals surface area contributed by atoms with Crippen LogP contribution in [-0.2, 0) is 4.74 Å². The van der Waals surface area contributed by atoms with Gasteiger partial charge < -0.3 is 9.84 Å². The monoisotopic (exact) mass is 740 g/mol. The minimum Gasteiger partial charge on any atom is -0.379 e. The quantitative estimate of drug-likeness (QED) is 0.199. The van der Waals surface area contributed by atoms with Crippen molar-refractivity contribution in [2.75, 3.05) is 0 Å². The summed E-state index contributed by atoms with van der Waals surface area (Å²) in [6.45, 7) is 0. The van der Waals surface area contributed by atoms with Gasteiger partial charge in [0.1, 0.15) is 0 Å². The molecule has 0 aromatic carbocycles. The van der Waals surface area contributed by atoms with E-state index >= 15 is 13.2 Å². The molecule has 0 aromatic rings. The first-order valence-corrected chi connectivity index (χ1v) is 11.4. The van der Waals surface area contributed by atoms with Crippen molar-refractivity contribution in [3.8, 4) is 0 Å². The van der Waals surface area contributed by atoms with Crippen LogP contribution in [0.2, 0.25) is 0 Å². The third-order valence-electron chi connectivity index (χ3n) is 7.50. The first-order valence-electron chi connectivity index (χ1n) is 11.4. The zero-order valence-corrected chi connectivity index (χ0v) is 20.9. The Kier molecular flexibility index (Phi) is 9.16. The Morgan fingerprint density at radius 2 is 0.848 bits per heavy atom. The lowest BCUT2D eigenvalue weighted by atomic mass is 9.64. The van der Waals surface area contributed by atoms with Crippen LogP contribution in [0.5, 0.6) is 0 Å². The van der Waals surface area contributed by atoms with Gasteiger partial charge in [0.05, 0.1) is 6.10 Å². The predicted octanol–water partition coefficient (Wildman–Crippen LogP) is 8.89. The van der Waals surface area contributed by atoms with E-state index < -0.39 is 109 Å². The van der Waals surface area contributed by atoms with Crippen molar-refractivity contribution in [2.45, 2.75) is 96.8 Å². The number of rotatable bonds is 8. The summed E-state index contributed by atoms with van der Waals surface area (Å²) >= 11 is 0. The third-order valence-corrected chi connectivity index (χ3v) is 7.50. The molecule has 26 heteroatoms. The van der Waals surface area contributed by atoms with Crippen LogP contribution in [0.3, 0.4) is 0 Å². The van der Waals surface area contributed by atoms with Crippen LogP contribution in [-0.4, -0.2) is 82.7 Å². The van der Waals surface area contributed by atoms with Crippen molar-refractivity contribution < 1.29 is 115 Å². The minimum atomic E-state index is -9.07. The Morgan fingerprint density at radius 3 is 1.11 bits per heavy atom. The maximum Gasteiger partial charge on any atom is 0.456 e. The molecular weight excluding hydrogens is 728 g/mol. The van der Waals surface area contributed by atoms with E-state index in [-0.39, 0.29) is 0 Å². The van der Waals surface area contributed by atoms with Crippen LogP contribution in [0.15, 0.2) is 12.2 Å². The van der Waals surface area contributed by atoms with Crippen molar-refractivity contribution in [1.82, 2.24) is 0 Å². The van der Waals surface area contributed by atoms with Gasteiger partial charge in [0.2, 0.25) is 0 Å². The van der Waals surface area contributed by atoms with Gasteiger partial charge in [-0.3, -0.25) is 0 Å². The molecule has 1 saturated carbocycles. The van der Waals surface area contributed by atoms with Crippen molar-refractivity contribution in [2.24, 2.45) is 11.8 Å². The first kappa shape index (κ1) is 40.2. The van der Waals surface area contributed by atoms with E-state index in [4.69, 9.17) is 0 Å². The largest absolute Gasteiger partial charge is 0.456 e. The molecule has 2 aliphatic rings. The number of fused-ring (bicyclic) bond motifs is 2. The van der Waals surface area contributed by atoms with Crippen LogP contribution >= 0.6 is 0 Å². The molecule has 0 amide bonds. The average molecular weight is 740 g/mol. The molecular formula is C20H12F24O2. The number of hydrogen-bond donors (Lipinski definition) is 1. The molecule has 2 bridgehead atoms. The summed E-state index contributed by atoms with van der Waals surface area (Å²) in [5.74, 6) is -21.1. The highest BCUT2D eigenvalue weighted by Crippen LogP contribution is 2.69. The number of allylic oxidation sites excluding steroid dienone is 1. The maximum atomic E-state index is 15.5. The molecule has 0 aliphatic heterocycles. The van der Waals surface area contributed by atoms with Gasteiger partial charge >= 0.3 is 60.2 Å². The zero-order chi connectivity index (χ0) is 37.0. The number of alkyl halides is 24. The number of aliphatic hydroxyl groups is 1. The fourth-order valence-electron chi connectivity index (χ4n) is 5.29. The van der Waals surface area contributed by atoms with Crippen molar-refractivity contribution in [3.05, 3.63) is 12.2 Å². The smallest absolute Gasteiger partial charge is 0.379 e. The van der Waals surface area contributed by atoms with Crippen LogP contribution in [0, 0.1) is 11.8 Å². The Balaban J connectivity index is 3.41. The van der Waals surface area contributed by atoms with Gasteiger partial charge in [-0.15, -0.1) is 0 Å². The van der Waals surface area contributed by atoms with E-state index in [0.717, 1.165) is 6.08 Å². The van der Waals surface area contributed by atoms with Crippen LogP contribution in [0.1, 0.15) is 19.3 Å². The van der Waals surface area contributed by atoms with Crippen molar-refractivity contribution >= 4 is 0 Å². The lowest BCUT2D eigenvalue weighted by Crippen LogP contribution is -2.84. The molecule has 2 aliphatic carbocycles. The number of halogens is 24. The minimum absolute atomic E-state index is 0.470. The lowest BCUT2D eigenvalue weighted by molar-refractivity contribution is -0.485. The summed E-state index contributed by atoms with van der Waals surface area (Å²) in [6.07, 6.45) is -61.8. The summed E-state index contributed by atoms with van der Waals surface area (Å²) in [5.41, 5.74) is -35.0. The van der Waals surface area contributed by atoms with Gasteiger partial charge in [0, 0.05) is 12.3 Å². The van der Waals surface area contributed by atoms with E-state index in [2.05, 4.69) is 4.74 Å². The fraction of sp³-hybridized carbons (Fsp3) is 0.900. The Hall–Kier alpha value is -2.02. The van der Waals surface area contributed by atoms with E-state index in [1.807, 2.05) is 0 Å². The lowest BCUT2D eigenvalue weighted by Gasteiger charge is -2.56. The first-order chi connectivity index (χ1) is 19.8. The summed E-state index contributed by atoms with van der Waals surface area (Å²) in [6, 6.07) is 0. The van der Waals surface area contributed by atoms with E-state index in [1.54, 1.807) is 0 Å². The molecule has 0 heterocycles. The van der Waals surface area contributed by atoms with Gasteiger partial charge in [0.25, 0.3) is 0 Å². The molecule has 2 nitrogen and oxygen atoms in total. The number of ether oxygens (including phenoxy) is 1. The van der Waals surface area contributed by atoms with Gasteiger partial charge in [-0.2, -0.15) is 96.6 Å². The maximum absolute atomic E-state index is 15.5. The summed E-state index contributed by atoms with van der Waals surface area (Å²) in [5, 5.41) is 9.75. The van der Waals surface area contributed by atoms with Crippen LogP contribution in [0.25, 0.3) is 0 Å². The molecule has 0 saturated heterocycles. The molecule has 0 aromatic heterocycles. The Morgan fingerprint density at radius 1 is 0.478 bits per heavy atom. The Labute approximate surface area is 237 Å². The molecule has 0 spiro atoms. The normalized spacial score (nSPS) is 25.5. The van der Waals surface area contributed by atoms with E-state index in [1.165, 1.54) is 0 Å². The summed E-state index contributed by atoms with van der Waals surface area (Å²) in [7, 11) is 0. The van der Waals surface area contributed by atoms with Gasteiger partial charge in [0.15, 0.2) is 11.2 Å². The van der Waals surface area contributed by atoms with Crippen LogP contribution < -0.4 is 0 Å². The van der Waals surface area contributed by atoms with E-state index in [0.29, 0.717) is 6.08 Å². The molecule has 0 radical (unpaired) electrons. The second kappa shape index (κ2) is 10.5. The summed E-state index contributed by atoms with van der Waals surface area (Å²) in [4.78, 5) is 0. The molecule has 2 rings (SSSR count). The topological polar surface area (TPSA) is 29.5 Å².